The molecule has 0 bridgehead atoms. The van der Waals surface area contributed by atoms with Gasteiger partial charge >= 0.3 is 0 Å². The number of nitrogens with zero attached hydrogens (tertiary/aromatic N) is 5. The summed E-state index contributed by atoms with van der Waals surface area (Å²) in [5.41, 5.74) is 1.08. The fourth-order valence-electron chi connectivity index (χ4n) is 4.48. The van der Waals surface area contributed by atoms with Crippen LogP contribution in [0.3, 0.4) is 0 Å². The number of methoxy groups -OCH3 is 4. The van der Waals surface area contributed by atoms with Crippen LogP contribution in [0.15, 0.2) is 60.7 Å². The fourth-order valence-corrected chi connectivity index (χ4v) is 6.06. The van der Waals surface area contributed by atoms with Gasteiger partial charge in [0.05, 0.1) is 28.4 Å². The minimum Gasteiger partial charge on any atom is -0.496 e. The molecular formula is C28H33N5O7S. The lowest BCUT2D eigenvalue weighted by Crippen LogP contribution is -2.41. The van der Waals surface area contributed by atoms with Gasteiger partial charge in [-0.1, -0.05) is 30.3 Å². The van der Waals surface area contributed by atoms with Gasteiger partial charge in [-0.2, -0.15) is 0 Å². The van der Waals surface area contributed by atoms with Crippen LogP contribution in [-0.4, -0.2) is 73.5 Å². The molecule has 0 amide bonds. The van der Waals surface area contributed by atoms with Gasteiger partial charge in [-0.25, -0.2) is 17.7 Å². The Morgan fingerprint density at radius 2 is 1.46 bits per heavy atom. The highest BCUT2D eigenvalue weighted by molar-refractivity contribution is 7.93. The van der Waals surface area contributed by atoms with Crippen LogP contribution in [0.1, 0.15) is 25.5 Å². The Morgan fingerprint density at radius 3 is 2.07 bits per heavy atom. The van der Waals surface area contributed by atoms with Crippen molar-refractivity contribution in [3.05, 3.63) is 66.2 Å². The molecule has 0 saturated carbocycles. The predicted molar refractivity (Wildman–Crippen MR) is 154 cm³/mol. The highest BCUT2D eigenvalue weighted by Gasteiger charge is 2.39. The van der Waals surface area contributed by atoms with E-state index in [4.69, 9.17) is 18.9 Å². The topological polar surface area (TPSA) is 138 Å². The van der Waals surface area contributed by atoms with E-state index >= 15 is 0 Å². The summed E-state index contributed by atoms with van der Waals surface area (Å²) in [6.45, 7) is 3.08. The molecular weight excluding hydrogens is 550 g/mol. The minimum absolute atomic E-state index is 0.0214. The lowest BCUT2D eigenvalue weighted by molar-refractivity contribution is 0.171. The van der Waals surface area contributed by atoms with E-state index in [-0.39, 0.29) is 18.3 Å². The zero-order valence-corrected chi connectivity index (χ0v) is 24.5. The van der Waals surface area contributed by atoms with Crippen LogP contribution in [0.25, 0.3) is 17.2 Å². The Hall–Kier alpha value is -4.36. The number of pyridine rings is 1. The van der Waals surface area contributed by atoms with E-state index in [1.165, 1.54) is 39.9 Å². The summed E-state index contributed by atoms with van der Waals surface area (Å²) >= 11 is 0. The summed E-state index contributed by atoms with van der Waals surface area (Å²) in [6.07, 6.45) is -1.40. The second kappa shape index (κ2) is 12.4. The first-order valence-electron chi connectivity index (χ1n) is 12.7. The Labute approximate surface area is 239 Å². The Bertz CT molecular complexity index is 1590. The first-order chi connectivity index (χ1) is 19.7. The van der Waals surface area contributed by atoms with Crippen LogP contribution in [0.5, 0.6) is 23.1 Å². The van der Waals surface area contributed by atoms with Crippen molar-refractivity contribution >= 4 is 16.0 Å². The lowest BCUT2D eigenvalue weighted by Gasteiger charge is -2.29. The Morgan fingerprint density at radius 1 is 0.854 bits per heavy atom. The number of aromatic nitrogens is 4. The fraction of sp³-hybridized carbons (Fsp3) is 0.321. The van der Waals surface area contributed by atoms with E-state index in [2.05, 4.69) is 15.2 Å². The Balaban J connectivity index is 1.94. The number of rotatable bonds is 12. The van der Waals surface area contributed by atoms with Gasteiger partial charge in [-0.3, -0.25) is 4.57 Å². The summed E-state index contributed by atoms with van der Waals surface area (Å²) in [7, 11) is 1.68. The number of para-hydroxylation sites is 2. The van der Waals surface area contributed by atoms with Crippen LogP contribution in [-0.2, 0) is 10.0 Å². The predicted octanol–water partition coefficient (Wildman–Crippen LogP) is 3.64. The SMILES string of the molecule is CCN(c1nnc(-c2cccc(OC)n2)n1-c1c(OC)cccc1OC)S(=O)(=O)[C@H](C)[C@@H](O)c1ccccc1OC. The van der Waals surface area contributed by atoms with Gasteiger partial charge < -0.3 is 24.1 Å². The Kier molecular flexibility index (Phi) is 8.98. The molecule has 0 aliphatic carbocycles. The molecule has 0 unspecified atom stereocenters. The second-order valence-electron chi connectivity index (χ2n) is 8.84. The number of sulfonamides is 1. The van der Waals surface area contributed by atoms with Crippen molar-refractivity contribution in [3.63, 3.8) is 0 Å². The molecule has 0 aliphatic heterocycles. The minimum atomic E-state index is -4.25. The molecule has 0 aliphatic rings. The van der Waals surface area contributed by atoms with Crippen molar-refractivity contribution < 1.29 is 32.5 Å². The van der Waals surface area contributed by atoms with Gasteiger partial charge in [0.2, 0.25) is 21.9 Å². The van der Waals surface area contributed by atoms with Crippen LogP contribution < -0.4 is 23.3 Å². The molecule has 0 fully saturated rings. The third-order valence-electron chi connectivity index (χ3n) is 6.62. The largest absolute Gasteiger partial charge is 0.496 e. The van der Waals surface area contributed by atoms with Crippen LogP contribution in [0.2, 0.25) is 0 Å². The first-order valence-corrected chi connectivity index (χ1v) is 14.2. The standard InChI is InChI=1S/C28H33N5O7S/c1-7-32(41(35,36)18(2)26(34)19-12-8-9-14-21(19)37-3)28-31-30-27(20-13-10-17-24(29-20)40-6)33(28)25-22(38-4)15-11-16-23(25)39-5/h8-18,26,34H,7H2,1-6H3/t18-,26-/m1/s1. The van der Waals surface area contributed by atoms with Crippen molar-refractivity contribution in [3.8, 4) is 40.3 Å². The molecule has 2 atom stereocenters. The van der Waals surface area contributed by atoms with E-state index in [9.17, 15) is 13.5 Å². The summed E-state index contributed by atoms with van der Waals surface area (Å²) in [4.78, 5) is 4.49. The van der Waals surface area contributed by atoms with Crippen LogP contribution in [0.4, 0.5) is 5.95 Å². The normalized spacial score (nSPS) is 12.9. The van der Waals surface area contributed by atoms with Crippen LogP contribution >= 0.6 is 0 Å². The highest BCUT2D eigenvalue weighted by atomic mass is 32.2. The number of benzene rings is 2. The van der Waals surface area contributed by atoms with Gasteiger partial charge in [0, 0.05) is 18.2 Å². The maximum absolute atomic E-state index is 14.2. The third kappa shape index (κ3) is 5.50. The molecule has 2 aromatic carbocycles. The van der Waals surface area contributed by atoms with Crippen molar-refractivity contribution in [1.29, 1.82) is 0 Å². The van der Waals surface area contributed by atoms with Crippen molar-refractivity contribution in [2.75, 3.05) is 39.3 Å². The van der Waals surface area contributed by atoms with E-state index in [0.717, 1.165) is 4.31 Å². The second-order valence-corrected chi connectivity index (χ2v) is 11.1. The summed E-state index contributed by atoms with van der Waals surface area (Å²) in [5.74, 6) is 1.63. The van der Waals surface area contributed by atoms with E-state index in [1.54, 1.807) is 67.6 Å². The number of ether oxygens (including phenoxy) is 4. The molecule has 1 N–H and O–H groups in total. The summed E-state index contributed by atoms with van der Waals surface area (Å²) in [5, 5.41) is 18.6. The third-order valence-corrected chi connectivity index (χ3v) is 8.86. The molecule has 0 saturated heterocycles. The summed E-state index contributed by atoms with van der Waals surface area (Å²) in [6, 6.07) is 17.0. The van der Waals surface area contributed by atoms with Gasteiger partial charge in [-0.05, 0) is 38.1 Å². The molecule has 41 heavy (non-hydrogen) atoms. The van der Waals surface area contributed by atoms with E-state index in [1.807, 2.05) is 0 Å². The maximum Gasteiger partial charge on any atom is 0.246 e. The van der Waals surface area contributed by atoms with Crippen LogP contribution in [0, 0.1) is 0 Å². The molecule has 218 valence electrons. The van der Waals surface area contributed by atoms with E-state index < -0.39 is 21.4 Å². The van der Waals surface area contributed by atoms with Gasteiger partial charge in [0.15, 0.2) is 5.82 Å². The molecule has 12 nitrogen and oxygen atoms in total. The van der Waals surface area contributed by atoms with Gasteiger partial charge in [-0.15, -0.1) is 10.2 Å². The van der Waals surface area contributed by atoms with Crippen molar-refractivity contribution in [1.82, 2.24) is 19.7 Å². The molecule has 0 spiro atoms. The number of anilines is 1. The molecule has 0 radical (unpaired) electrons. The molecule has 13 heteroatoms. The average Bonchev–Trinajstić information content (AvgIpc) is 3.43. The maximum atomic E-state index is 14.2. The molecule has 2 heterocycles. The lowest BCUT2D eigenvalue weighted by atomic mass is 10.1. The molecule has 4 aromatic rings. The number of aliphatic hydroxyl groups is 1. The monoisotopic (exact) mass is 583 g/mol. The quantitative estimate of drug-likeness (QED) is 0.263. The van der Waals surface area contributed by atoms with Gasteiger partial charge in [0.1, 0.15) is 40.0 Å². The van der Waals surface area contributed by atoms with E-state index in [0.29, 0.717) is 40.1 Å². The smallest absolute Gasteiger partial charge is 0.246 e. The van der Waals surface area contributed by atoms with Crippen molar-refractivity contribution in [2.45, 2.75) is 25.2 Å². The first kappa shape index (κ1) is 29.6. The van der Waals surface area contributed by atoms with Crippen molar-refractivity contribution in [2.24, 2.45) is 0 Å². The number of hydrogen-bond acceptors (Lipinski definition) is 10. The molecule has 4 rings (SSSR count). The number of aliphatic hydroxyl groups excluding tert-OH is 1. The number of hydrogen-bond donors (Lipinski definition) is 1. The zero-order valence-electron chi connectivity index (χ0n) is 23.7. The highest BCUT2D eigenvalue weighted by Crippen LogP contribution is 2.40. The zero-order chi connectivity index (χ0) is 29.7. The average molecular weight is 584 g/mol. The summed E-state index contributed by atoms with van der Waals surface area (Å²) < 4.78 is 52.9. The molecule has 2 aromatic heterocycles. The van der Waals surface area contributed by atoms with Gasteiger partial charge in [0.25, 0.3) is 0 Å².